The molecule has 1 nitrogen and oxygen atoms in total. The molecule has 1 heterocycles. The second kappa shape index (κ2) is 3.25. The Bertz CT molecular complexity index is 249. The summed E-state index contributed by atoms with van der Waals surface area (Å²) in [6.45, 7) is 5.17. The molecule has 3 heteroatoms. The zero-order valence-electron chi connectivity index (χ0n) is 7.89. The van der Waals surface area contributed by atoms with Gasteiger partial charge in [-0.1, -0.05) is 35.9 Å². The summed E-state index contributed by atoms with van der Waals surface area (Å²) in [6.07, 6.45) is 3.40. The van der Waals surface area contributed by atoms with Crippen molar-refractivity contribution in [3.05, 3.63) is 11.6 Å². The maximum absolute atomic E-state index is 6.33. The van der Waals surface area contributed by atoms with Crippen molar-refractivity contribution in [3.63, 3.8) is 0 Å². The Balaban J connectivity index is 2.28. The molecule has 0 bridgehead atoms. The predicted molar refractivity (Wildman–Crippen MR) is 58.6 cm³/mol. The van der Waals surface area contributed by atoms with Crippen LogP contribution in [0.25, 0.3) is 0 Å². The summed E-state index contributed by atoms with van der Waals surface area (Å²) in [6, 6.07) is 0. The molecule has 3 atom stereocenters. The molecule has 1 aliphatic carbocycles. The molecule has 0 aromatic heterocycles. The molecule has 2 rings (SSSR count). The van der Waals surface area contributed by atoms with E-state index in [1.807, 2.05) is 0 Å². The fourth-order valence-corrected chi connectivity index (χ4v) is 3.28. The molecule has 3 unspecified atom stereocenters. The van der Waals surface area contributed by atoms with Gasteiger partial charge in [0, 0.05) is 10.2 Å². The van der Waals surface area contributed by atoms with E-state index in [2.05, 4.69) is 35.9 Å². The minimum Gasteiger partial charge on any atom is -0.370 e. The van der Waals surface area contributed by atoms with Gasteiger partial charge < -0.3 is 4.74 Å². The van der Waals surface area contributed by atoms with Crippen molar-refractivity contribution in [2.75, 3.05) is 6.61 Å². The summed E-state index contributed by atoms with van der Waals surface area (Å²) in [5, 5.41) is 0.192. The summed E-state index contributed by atoms with van der Waals surface area (Å²) < 4.78 is 5.58. The largest absolute Gasteiger partial charge is 0.370 e. The highest BCUT2D eigenvalue weighted by Crippen LogP contribution is 2.48. The molecule has 0 saturated heterocycles. The highest BCUT2D eigenvalue weighted by atomic mass is 79.9. The molecule has 0 spiro atoms. The predicted octanol–water partition coefficient (Wildman–Crippen LogP) is 3.11. The highest BCUT2D eigenvalue weighted by molar-refractivity contribution is 9.09. The van der Waals surface area contributed by atoms with E-state index in [9.17, 15) is 0 Å². The third kappa shape index (κ3) is 1.47. The number of rotatable bonds is 0. The van der Waals surface area contributed by atoms with Gasteiger partial charge in [0.15, 0.2) is 0 Å². The van der Waals surface area contributed by atoms with Crippen LogP contribution in [0.15, 0.2) is 11.6 Å². The Hall–Kier alpha value is 0.470. The summed E-state index contributed by atoms with van der Waals surface area (Å²) in [7, 11) is 0. The molecule has 1 saturated carbocycles. The van der Waals surface area contributed by atoms with Crippen LogP contribution in [0, 0.1) is 5.41 Å². The lowest BCUT2D eigenvalue weighted by Gasteiger charge is -2.42. The molecular formula is C10H14BrClO. The van der Waals surface area contributed by atoms with Gasteiger partial charge in [-0.15, -0.1) is 11.6 Å². The normalized spacial score (nSPS) is 42.8. The lowest BCUT2D eigenvalue weighted by molar-refractivity contribution is 0.0853. The molecule has 0 radical (unpaired) electrons. The number of fused-ring (bicyclic) bond motifs is 1. The summed E-state index contributed by atoms with van der Waals surface area (Å²) in [5.41, 5.74) is 1.51. The average molecular weight is 266 g/mol. The highest BCUT2D eigenvalue weighted by Gasteiger charge is 2.46. The Morgan fingerprint density at radius 1 is 1.62 bits per heavy atom. The van der Waals surface area contributed by atoms with E-state index >= 15 is 0 Å². The third-order valence-electron chi connectivity index (χ3n) is 3.16. The number of halogens is 2. The van der Waals surface area contributed by atoms with Crippen molar-refractivity contribution in [2.45, 2.75) is 36.6 Å². The number of hydrogen-bond donors (Lipinski definition) is 0. The Morgan fingerprint density at radius 2 is 2.31 bits per heavy atom. The van der Waals surface area contributed by atoms with E-state index in [1.54, 1.807) is 0 Å². The maximum Gasteiger partial charge on any atom is 0.0815 e. The van der Waals surface area contributed by atoms with Crippen LogP contribution in [-0.2, 0) is 4.74 Å². The van der Waals surface area contributed by atoms with Gasteiger partial charge >= 0.3 is 0 Å². The second-order valence-corrected chi connectivity index (χ2v) is 5.86. The molecule has 0 aromatic rings. The zero-order valence-corrected chi connectivity index (χ0v) is 10.2. The topological polar surface area (TPSA) is 9.23 Å². The Morgan fingerprint density at radius 3 is 3.00 bits per heavy atom. The fourth-order valence-electron chi connectivity index (χ4n) is 2.04. The van der Waals surface area contributed by atoms with Crippen LogP contribution in [0.3, 0.4) is 0 Å². The molecule has 0 amide bonds. The van der Waals surface area contributed by atoms with Crippen LogP contribution in [0.1, 0.15) is 20.3 Å². The SMILES string of the molecule is CC1(C)C(Cl)CC2OCC=C2C1Br. The van der Waals surface area contributed by atoms with Gasteiger partial charge in [0.05, 0.1) is 12.7 Å². The van der Waals surface area contributed by atoms with Crippen LogP contribution in [0.2, 0.25) is 0 Å². The molecule has 1 aliphatic heterocycles. The monoisotopic (exact) mass is 264 g/mol. The smallest absolute Gasteiger partial charge is 0.0815 e. The molecule has 1 fully saturated rings. The lowest BCUT2D eigenvalue weighted by atomic mass is 9.73. The van der Waals surface area contributed by atoms with Crippen LogP contribution in [0.5, 0.6) is 0 Å². The van der Waals surface area contributed by atoms with E-state index in [4.69, 9.17) is 16.3 Å². The van der Waals surface area contributed by atoms with Crippen LogP contribution >= 0.6 is 27.5 Å². The third-order valence-corrected chi connectivity index (χ3v) is 5.61. The number of hydrogen-bond acceptors (Lipinski definition) is 1. The van der Waals surface area contributed by atoms with Crippen LogP contribution in [-0.4, -0.2) is 22.9 Å². The minimum absolute atomic E-state index is 0.123. The molecule has 0 N–H and O–H groups in total. The first-order valence-electron chi connectivity index (χ1n) is 4.63. The Kier molecular flexibility index (Phi) is 2.50. The van der Waals surface area contributed by atoms with Crippen LogP contribution < -0.4 is 0 Å². The van der Waals surface area contributed by atoms with Gasteiger partial charge in [-0.3, -0.25) is 0 Å². The summed E-state index contributed by atoms with van der Waals surface area (Å²) in [5.74, 6) is 0. The minimum atomic E-state index is 0.123. The fraction of sp³-hybridized carbons (Fsp3) is 0.800. The first kappa shape index (κ1) is 10.0. The van der Waals surface area contributed by atoms with E-state index in [1.165, 1.54) is 5.57 Å². The number of alkyl halides is 2. The van der Waals surface area contributed by atoms with E-state index in [0.717, 1.165) is 13.0 Å². The molecule has 13 heavy (non-hydrogen) atoms. The van der Waals surface area contributed by atoms with E-state index in [0.29, 0.717) is 4.83 Å². The van der Waals surface area contributed by atoms with Crippen molar-refractivity contribution in [2.24, 2.45) is 5.41 Å². The average Bonchev–Trinajstić information content (AvgIpc) is 2.49. The van der Waals surface area contributed by atoms with Gasteiger partial charge in [-0.2, -0.15) is 0 Å². The van der Waals surface area contributed by atoms with Gasteiger partial charge in [0.25, 0.3) is 0 Å². The second-order valence-electron chi connectivity index (χ2n) is 4.41. The van der Waals surface area contributed by atoms with E-state index in [-0.39, 0.29) is 16.9 Å². The van der Waals surface area contributed by atoms with E-state index < -0.39 is 0 Å². The zero-order chi connectivity index (χ0) is 9.64. The van der Waals surface area contributed by atoms with Crippen molar-refractivity contribution in [1.82, 2.24) is 0 Å². The molecule has 2 aliphatic rings. The molecular weight excluding hydrogens is 251 g/mol. The van der Waals surface area contributed by atoms with Crippen molar-refractivity contribution >= 4 is 27.5 Å². The van der Waals surface area contributed by atoms with Crippen molar-refractivity contribution in [3.8, 4) is 0 Å². The van der Waals surface area contributed by atoms with Crippen LogP contribution in [0.4, 0.5) is 0 Å². The van der Waals surface area contributed by atoms with Gasteiger partial charge in [0.2, 0.25) is 0 Å². The summed E-state index contributed by atoms with van der Waals surface area (Å²) >= 11 is 10.1. The first-order valence-corrected chi connectivity index (χ1v) is 5.98. The lowest BCUT2D eigenvalue weighted by Crippen LogP contribution is -2.44. The standard InChI is InChI=1S/C10H14BrClO/c1-10(2)8(12)5-7-6(9(10)11)3-4-13-7/h3,7-9H,4-5H2,1-2H3. The van der Waals surface area contributed by atoms with Gasteiger partial charge in [-0.05, 0) is 17.4 Å². The molecule has 74 valence electrons. The first-order chi connectivity index (χ1) is 6.03. The number of ether oxygens (including phenoxy) is 1. The summed E-state index contributed by atoms with van der Waals surface area (Å²) in [4.78, 5) is 0.365. The van der Waals surface area contributed by atoms with Gasteiger partial charge in [0.1, 0.15) is 0 Å². The van der Waals surface area contributed by atoms with Crippen molar-refractivity contribution in [1.29, 1.82) is 0 Å². The maximum atomic E-state index is 6.33. The quantitative estimate of drug-likeness (QED) is 0.483. The van der Waals surface area contributed by atoms with Gasteiger partial charge in [-0.25, -0.2) is 0 Å². The Labute approximate surface area is 92.6 Å². The van der Waals surface area contributed by atoms with Crippen molar-refractivity contribution < 1.29 is 4.74 Å². The molecule has 0 aromatic carbocycles.